The fourth-order valence-corrected chi connectivity index (χ4v) is 3.81. The molecule has 0 saturated heterocycles. The Kier molecular flexibility index (Phi) is 5.91. The number of hydrogen-bond donors (Lipinski definition) is 2. The van der Waals surface area contributed by atoms with Gasteiger partial charge in [0.15, 0.2) is 5.13 Å². The number of carbonyl (C=O) groups excluding carboxylic acids is 1. The quantitative estimate of drug-likeness (QED) is 0.360. The third kappa shape index (κ3) is 4.78. The van der Waals surface area contributed by atoms with Gasteiger partial charge in [-0.25, -0.2) is 4.98 Å². The van der Waals surface area contributed by atoms with E-state index in [0.29, 0.717) is 21.9 Å². The van der Waals surface area contributed by atoms with Gasteiger partial charge in [0.25, 0.3) is 5.91 Å². The second kappa shape index (κ2) is 8.80. The highest BCUT2D eigenvalue weighted by atomic mass is 32.1. The van der Waals surface area contributed by atoms with Crippen LogP contribution in [0.4, 0.5) is 29.7 Å². The molecule has 2 N–H and O–H groups in total. The normalized spacial score (nSPS) is 11.2. The zero-order valence-electron chi connectivity index (χ0n) is 16.8. The standard InChI is InChI=1S/C23H17F3N4OS/c1-14-18(21(31)28-17-7-2-6-16(11-17)23(24,25)26)8-3-9-19(14)29-22-30-20(13-32-22)15-5-4-10-27-12-15/h2-13H,1H3,(H,28,31)(H,29,30). The summed E-state index contributed by atoms with van der Waals surface area (Å²) in [7, 11) is 0. The molecule has 162 valence electrons. The lowest BCUT2D eigenvalue weighted by Crippen LogP contribution is -2.15. The number of hydrogen-bond acceptors (Lipinski definition) is 5. The summed E-state index contributed by atoms with van der Waals surface area (Å²) in [4.78, 5) is 21.4. The van der Waals surface area contributed by atoms with Crippen molar-refractivity contribution in [2.75, 3.05) is 10.6 Å². The highest BCUT2D eigenvalue weighted by Crippen LogP contribution is 2.32. The van der Waals surface area contributed by atoms with Gasteiger partial charge in [-0.1, -0.05) is 12.1 Å². The van der Waals surface area contributed by atoms with Crippen molar-refractivity contribution in [1.29, 1.82) is 0 Å². The summed E-state index contributed by atoms with van der Waals surface area (Å²) in [6, 6.07) is 13.4. The topological polar surface area (TPSA) is 66.9 Å². The molecule has 2 aromatic heterocycles. The maximum Gasteiger partial charge on any atom is 0.416 e. The molecule has 2 aromatic carbocycles. The molecule has 1 amide bonds. The molecule has 0 radical (unpaired) electrons. The summed E-state index contributed by atoms with van der Waals surface area (Å²) in [6.07, 6.45) is -1.07. The summed E-state index contributed by atoms with van der Waals surface area (Å²) in [5.41, 5.74) is 2.59. The van der Waals surface area contributed by atoms with Crippen LogP contribution in [0.5, 0.6) is 0 Å². The Bertz CT molecular complexity index is 1260. The van der Waals surface area contributed by atoms with Gasteiger partial charge >= 0.3 is 6.18 Å². The number of alkyl halides is 3. The van der Waals surface area contributed by atoms with Crippen LogP contribution in [-0.4, -0.2) is 15.9 Å². The monoisotopic (exact) mass is 454 g/mol. The summed E-state index contributed by atoms with van der Waals surface area (Å²) >= 11 is 1.41. The van der Waals surface area contributed by atoms with Gasteiger partial charge in [0.2, 0.25) is 0 Å². The molecule has 4 aromatic rings. The van der Waals surface area contributed by atoms with Crippen molar-refractivity contribution >= 4 is 33.8 Å². The van der Waals surface area contributed by atoms with Crippen LogP contribution in [0.2, 0.25) is 0 Å². The Hall–Kier alpha value is -3.72. The van der Waals surface area contributed by atoms with E-state index in [1.807, 2.05) is 23.6 Å². The first-order valence-electron chi connectivity index (χ1n) is 9.52. The molecular weight excluding hydrogens is 437 g/mol. The number of rotatable bonds is 5. The van der Waals surface area contributed by atoms with E-state index in [2.05, 4.69) is 20.6 Å². The molecule has 4 rings (SSSR count). The van der Waals surface area contributed by atoms with E-state index in [1.54, 1.807) is 31.5 Å². The summed E-state index contributed by atoms with van der Waals surface area (Å²) in [6.45, 7) is 1.76. The van der Waals surface area contributed by atoms with Crippen LogP contribution >= 0.6 is 11.3 Å². The molecule has 0 aliphatic heterocycles. The number of anilines is 3. The van der Waals surface area contributed by atoms with E-state index >= 15 is 0 Å². The van der Waals surface area contributed by atoms with Gasteiger partial charge in [0.05, 0.1) is 11.3 Å². The SMILES string of the molecule is Cc1c(Nc2nc(-c3cccnc3)cs2)cccc1C(=O)Nc1cccc(C(F)(F)F)c1. The second-order valence-corrected chi connectivity index (χ2v) is 7.77. The first-order chi connectivity index (χ1) is 15.3. The van der Waals surface area contributed by atoms with E-state index < -0.39 is 17.6 Å². The van der Waals surface area contributed by atoms with Crippen LogP contribution in [0.15, 0.2) is 72.4 Å². The molecule has 0 saturated carbocycles. The van der Waals surface area contributed by atoms with E-state index in [0.717, 1.165) is 23.4 Å². The number of aromatic nitrogens is 2. The smallest absolute Gasteiger partial charge is 0.331 e. The maximum atomic E-state index is 12.9. The molecule has 0 unspecified atom stereocenters. The van der Waals surface area contributed by atoms with Gasteiger partial charge in [-0.3, -0.25) is 9.78 Å². The van der Waals surface area contributed by atoms with Crippen LogP contribution in [0, 0.1) is 6.92 Å². The van der Waals surface area contributed by atoms with Gasteiger partial charge in [-0.2, -0.15) is 13.2 Å². The lowest BCUT2D eigenvalue weighted by molar-refractivity contribution is -0.137. The van der Waals surface area contributed by atoms with Gasteiger partial charge in [0, 0.05) is 40.3 Å². The number of pyridine rings is 1. The Labute approximate surface area is 186 Å². The fourth-order valence-electron chi connectivity index (χ4n) is 3.08. The number of nitrogens with one attached hydrogen (secondary N) is 2. The van der Waals surface area contributed by atoms with Crippen LogP contribution in [0.1, 0.15) is 21.5 Å². The van der Waals surface area contributed by atoms with E-state index in [4.69, 9.17) is 0 Å². The highest BCUT2D eigenvalue weighted by Gasteiger charge is 2.30. The number of halogens is 3. The zero-order chi connectivity index (χ0) is 22.7. The van der Waals surface area contributed by atoms with E-state index in [1.165, 1.54) is 23.5 Å². The molecule has 5 nitrogen and oxygen atoms in total. The van der Waals surface area contributed by atoms with Crippen molar-refractivity contribution in [3.8, 4) is 11.3 Å². The molecule has 9 heteroatoms. The van der Waals surface area contributed by atoms with Crippen LogP contribution in [0.25, 0.3) is 11.3 Å². The maximum absolute atomic E-state index is 12.9. The predicted octanol–water partition coefficient (Wildman–Crippen LogP) is 6.53. The number of nitrogens with zero attached hydrogens (tertiary/aromatic N) is 2. The van der Waals surface area contributed by atoms with E-state index in [9.17, 15) is 18.0 Å². The molecule has 0 aliphatic rings. The lowest BCUT2D eigenvalue weighted by atomic mass is 10.1. The predicted molar refractivity (Wildman–Crippen MR) is 119 cm³/mol. The average Bonchev–Trinajstić information content (AvgIpc) is 3.24. The lowest BCUT2D eigenvalue weighted by Gasteiger charge is -2.13. The van der Waals surface area contributed by atoms with Crippen molar-refractivity contribution in [3.63, 3.8) is 0 Å². The Morgan fingerprint density at radius 1 is 1.06 bits per heavy atom. The first kappa shape index (κ1) is 21.5. The van der Waals surface area contributed by atoms with Crippen molar-refractivity contribution in [2.24, 2.45) is 0 Å². The van der Waals surface area contributed by atoms with Crippen LogP contribution in [0.3, 0.4) is 0 Å². The van der Waals surface area contributed by atoms with Crippen molar-refractivity contribution < 1.29 is 18.0 Å². The van der Waals surface area contributed by atoms with E-state index in [-0.39, 0.29) is 5.69 Å². The number of carbonyl (C=O) groups is 1. The molecule has 2 heterocycles. The summed E-state index contributed by atoms with van der Waals surface area (Å²) < 4.78 is 38.8. The molecule has 0 bridgehead atoms. The zero-order valence-corrected chi connectivity index (χ0v) is 17.6. The van der Waals surface area contributed by atoms with Gasteiger partial charge in [-0.05, 0) is 55.0 Å². The van der Waals surface area contributed by atoms with Crippen LogP contribution in [-0.2, 0) is 6.18 Å². The van der Waals surface area contributed by atoms with Crippen molar-refractivity contribution in [3.05, 3.63) is 89.1 Å². The molecule has 0 atom stereocenters. The second-order valence-electron chi connectivity index (χ2n) is 6.92. The van der Waals surface area contributed by atoms with Crippen molar-refractivity contribution in [2.45, 2.75) is 13.1 Å². The van der Waals surface area contributed by atoms with Crippen molar-refractivity contribution in [1.82, 2.24) is 9.97 Å². The summed E-state index contributed by atoms with van der Waals surface area (Å²) in [5, 5.41) is 8.29. The van der Waals surface area contributed by atoms with Gasteiger partial charge in [-0.15, -0.1) is 11.3 Å². The first-order valence-corrected chi connectivity index (χ1v) is 10.4. The molecule has 0 fully saturated rings. The number of thiazole rings is 1. The fraction of sp³-hybridized carbons (Fsp3) is 0.0870. The molecule has 0 aliphatic carbocycles. The van der Waals surface area contributed by atoms with Gasteiger partial charge in [0.1, 0.15) is 0 Å². The third-order valence-electron chi connectivity index (χ3n) is 4.73. The highest BCUT2D eigenvalue weighted by molar-refractivity contribution is 7.14. The third-order valence-corrected chi connectivity index (χ3v) is 5.49. The Morgan fingerprint density at radius 3 is 2.62 bits per heavy atom. The molecule has 32 heavy (non-hydrogen) atoms. The van der Waals surface area contributed by atoms with Gasteiger partial charge < -0.3 is 10.6 Å². The Balaban J connectivity index is 1.53. The number of amides is 1. The minimum Gasteiger partial charge on any atom is -0.331 e. The summed E-state index contributed by atoms with van der Waals surface area (Å²) in [5.74, 6) is -0.499. The average molecular weight is 454 g/mol. The number of benzene rings is 2. The molecular formula is C23H17F3N4OS. The largest absolute Gasteiger partial charge is 0.416 e. The molecule has 0 spiro atoms. The minimum absolute atomic E-state index is 0.0728. The Morgan fingerprint density at radius 2 is 1.88 bits per heavy atom. The minimum atomic E-state index is -4.48. The van der Waals surface area contributed by atoms with Crippen LogP contribution < -0.4 is 10.6 Å².